The first-order chi connectivity index (χ1) is 21.3. The van der Waals surface area contributed by atoms with Gasteiger partial charge in [0.05, 0.1) is 27.4 Å². The minimum absolute atomic E-state index is 0.191. The summed E-state index contributed by atoms with van der Waals surface area (Å²) in [6.45, 7) is 9.25. The fourth-order valence-corrected chi connectivity index (χ4v) is 8.57. The second-order valence-electron chi connectivity index (χ2n) is 11.7. The van der Waals surface area contributed by atoms with Gasteiger partial charge in [-0.05, 0) is 87.3 Å². The molecule has 0 fully saturated rings. The molecule has 0 saturated carbocycles. The van der Waals surface area contributed by atoms with Crippen LogP contribution >= 0.6 is 0 Å². The number of anilines is 2. The van der Waals surface area contributed by atoms with E-state index >= 15 is 0 Å². The molecule has 0 spiro atoms. The number of aliphatic hydroxyl groups is 2. The Hall–Kier alpha value is -3.26. The maximum Gasteiger partial charge on any atom is 0.161 e. The average Bonchev–Trinajstić information content (AvgIpc) is 3.05. The molecule has 0 aliphatic carbocycles. The number of pyridine rings is 1. The molecule has 0 unspecified atom stereocenters. The SMILES string of the molecule is COc1cc2cc(CO)c(CO)c(-c3ccnc(N4CC[C@H](C(C)(C)C(O[SiH2]C)O[SiH2]C)c5ccccc54)c3)c2cc1OC. The van der Waals surface area contributed by atoms with Crippen molar-refractivity contribution in [1.29, 1.82) is 0 Å². The Morgan fingerprint density at radius 2 is 1.66 bits per heavy atom. The lowest BCUT2D eigenvalue weighted by Crippen LogP contribution is -2.43. The summed E-state index contributed by atoms with van der Waals surface area (Å²) in [7, 11) is 1.95. The van der Waals surface area contributed by atoms with Crippen molar-refractivity contribution in [3.8, 4) is 22.6 Å². The highest BCUT2D eigenvalue weighted by Crippen LogP contribution is 2.50. The molecule has 3 aromatic carbocycles. The number of rotatable bonds is 12. The van der Waals surface area contributed by atoms with E-state index in [2.05, 4.69) is 62.2 Å². The third-order valence-electron chi connectivity index (χ3n) is 8.87. The number of aromatic nitrogens is 1. The van der Waals surface area contributed by atoms with Crippen LogP contribution in [0.4, 0.5) is 11.5 Å². The van der Waals surface area contributed by atoms with Gasteiger partial charge in [0.15, 0.2) is 31.0 Å². The van der Waals surface area contributed by atoms with Crippen molar-refractivity contribution < 1.29 is 28.5 Å². The van der Waals surface area contributed by atoms with E-state index < -0.39 is 19.5 Å². The highest BCUT2D eigenvalue weighted by atomic mass is 28.2. The normalized spacial score (nSPS) is 16.3. The lowest BCUT2D eigenvalue weighted by molar-refractivity contribution is -0.0916. The minimum atomic E-state index is -0.632. The fraction of sp³-hybridized carbons (Fsp3) is 0.382. The quantitative estimate of drug-likeness (QED) is 0.163. The van der Waals surface area contributed by atoms with Gasteiger partial charge < -0.3 is 33.4 Å². The number of ether oxygens (including phenoxy) is 2. The van der Waals surface area contributed by atoms with Crippen LogP contribution < -0.4 is 14.4 Å². The Bertz CT molecular complexity index is 1600. The molecule has 4 aromatic rings. The lowest BCUT2D eigenvalue weighted by atomic mass is 9.70. The van der Waals surface area contributed by atoms with Crippen LogP contribution in [0.5, 0.6) is 11.5 Å². The maximum atomic E-state index is 10.5. The number of aliphatic hydroxyl groups excluding tert-OH is 2. The lowest BCUT2D eigenvalue weighted by Gasteiger charge is -2.45. The number of nitrogens with zero attached hydrogens (tertiary/aromatic N) is 2. The van der Waals surface area contributed by atoms with Gasteiger partial charge in [-0.3, -0.25) is 0 Å². The fourth-order valence-electron chi connectivity index (χ4n) is 6.72. The molecule has 0 amide bonds. The van der Waals surface area contributed by atoms with Gasteiger partial charge in [0.2, 0.25) is 0 Å². The van der Waals surface area contributed by atoms with Gasteiger partial charge in [-0.2, -0.15) is 0 Å². The molecule has 2 N–H and O–H groups in total. The van der Waals surface area contributed by atoms with Gasteiger partial charge in [-0.15, -0.1) is 0 Å². The molecule has 2 heterocycles. The van der Waals surface area contributed by atoms with E-state index in [9.17, 15) is 10.2 Å². The van der Waals surface area contributed by atoms with E-state index in [4.69, 9.17) is 23.3 Å². The maximum absolute atomic E-state index is 10.5. The molecule has 0 radical (unpaired) electrons. The molecule has 1 aromatic heterocycles. The second-order valence-corrected chi connectivity index (χ2v) is 13.5. The first-order valence-electron chi connectivity index (χ1n) is 15.3. The van der Waals surface area contributed by atoms with Gasteiger partial charge in [-0.25, -0.2) is 4.98 Å². The summed E-state index contributed by atoms with van der Waals surface area (Å²) in [4.78, 5) is 7.12. The Morgan fingerprint density at radius 1 is 0.955 bits per heavy atom. The van der Waals surface area contributed by atoms with E-state index in [1.165, 1.54) is 5.56 Å². The Kier molecular flexibility index (Phi) is 10.1. The standard InChI is InChI=1S/C34H44N2O6Si2/c1-34(2,33(41-43-5)42-44-6)27-12-14-36(28-10-8-7-9-24(27)28)31-17-21(11-13-35-31)32-25-18-30(40-4)29(39-3)16-22(25)15-23(19-37)26(32)20-38/h7-11,13,15-18,27,33,37-38H,12,14,19-20,43-44H2,1-6H3/t27-/m0/s1. The predicted molar refractivity (Wildman–Crippen MR) is 181 cm³/mol. The minimum Gasteiger partial charge on any atom is -0.493 e. The van der Waals surface area contributed by atoms with Crippen molar-refractivity contribution in [3.05, 3.63) is 77.5 Å². The highest BCUT2D eigenvalue weighted by Gasteiger charge is 2.42. The van der Waals surface area contributed by atoms with Crippen molar-refractivity contribution in [2.75, 3.05) is 25.7 Å². The van der Waals surface area contributed by atoms with E-state index in [0.29, 0.717) is 22.6 Å². The smallest absolute Gasteiger partial charge is 0.161 e. The zero-order chi connectivity index (χ0) is 31.4. The van der Waals surface area contributed by atoms with Crippen molar-refractivity contribution in [2.45, 2.75) is 58.8 Å². The van der Waals surface area contributed by atoms with Crippen molar-refractivity contribution in [3.63, 3.8) is 0 Å². The first-order valence-corrected chi connectivity index (χ1v) is 19.3. The first kappa shape index (κ1) is 32.1. The summed E-state index contributed by atoms with van der Waals surface area (Å²) >= 11 is 0. The van der Waals surface area contributed by atoms with Crippen LogP contribution in [0.3, 0.4) is 0 Å². The van der Waals surface area contributed by atoms with Gasteiger partial charge in [0.25, 0.3) is 0 Å². The van der Waals surface area contributed by atoms with Crippen LogP contribution in [-0.2, 0) is 22.1 Å². The summed E-state index contributed by atoms with van der Waals surface area (Å²) in [6, 6.07) is 18.4. The highest BCUT2D eigenvalue weighted by molar-refractivity contribution is 6.26. The van der Waals surface area contributed by atoms with Crippen LogP contribution in [0.25, 0.3) is 21.9 Å². The van der Waals surface area contributed by atoms with E-state index in [-0.39, 0.29) is 30.8 Å². The summed E-state index contributed by atoms with van der Waals surface area (Å²) in [5, 5.41) is 22.6. The third kappa shape index (κ3) is 5.90. The zero-order valence-electron chi connectivity index (χ0n) is 26.6. The van der Waals surface area contributed by atoms with Crippen molar-refractivity contribution in [2.24, 2.45) is 5.41 Å². The Balaban J connectivity index is 1.62. The molecule has 0 bridgehead atoms. The average molecular weight is 633 g/mol. The number of hydrogen-bond donors (Lipinski definition) is 2. The Morgan fingerprint density at radius 3 is 2.32 bits per heavy atom. The van der Waals surface area contributed by atoms with Gasteiger partial charge in [-0.1, -0.05) is 45.1 Å². The third-order valence-corrected chi connectivity index (χ3v) is 10.1. The van der Waals surface area contributed by atoms with Gasteiger partial charge in [0.1, 0.15) is 12.1 Å². The largest absolute Gasteiger partial charge is 0.493 e. The molecule has 1 aliphatic heterocycles. The van der Waals surface area contributed by atoms with Crippen LogP contribution in [0.2, 0.25) is 13.1 Å². The van der Waals surface area contributed by atoms with Gasteiger partial charge in [0, 0.05) is 23.8 Å². The number of benzene rings is 3. The monoisotopic (exact) mass is 632 g/mol. The molecule has 1 atom stereocenters. The molecule has 10 heteroatoms. The van der Waals surface area contributed by atoms with Crippen molar-refractivity contribution in [1.82, 2.24) is 4.98 Å². The number of methoxy groups -OCH3 is 2. The second kappa shape index (κ2) is 13.8. The summed E-state index contributed by atoms with van der Waals surface area (Å²) in [6.07, 6.45) is 2.55. The molecule has 8 nitrogen and oxygen atoms in total. The van der Waals surface area contributed by atoms with E-state index in [1.807, 2.05) is 30.5 Å². The van der Waals surface area contributed by atoms with E-state index in [0.717, 1.165) is 46.4 Å². The molecular formula is C34H44N2O6Si2. The van der Waals surface area contributed by atoms with Crippen LogP contribution in [0.15, 0.2) is 60.8 Å². The number of para-hydroxylation sites is 1. The van der Waals surface area contributed by atoms with Crippen molar-refractivity contribution >= 4 is 41.8 Å². The molecule has 5 rings (SSSR count). The number of hydrogen-bond acceptors (Lipinski definition) is 8. The molecular weight excluding hydrogens is 589 g/mol. The molecule has 0 saturated heterocycles. The number of fused-ring (bicyclic) bond motifs is 2. The summed E-state index contributed by atoms with van der Waals surface area (Å²) in [5.41, 5.74) is 5.29. The topological polar surface area (TPSA) is 93.5 Å². The van der Waals surface area contributed by atoms with E-state index in [1.54, 1.807) is 14.2 Å². The Labute approximate surface area is 264 Å². The zero-order valence-corrected chi connectivity index (χ0v) is 29.4. The predicted octanol–water partition coefficient (Wildman–Crippen LogP) is 5.18. The molecule has 234 valence electrons. The van der Waals surface area contributed by atoms with Crippen LogP contribution in [0.1, 0.15) is 42.9 Å². The summed E-state index contributed by atoms with van der Waals surface area (Å²) < 4.78 is 23.7. The molecule has 44 heavy (non-hydrogen) atoms. The molecule has 1 aliphatic rings. The van der Waals surface area contributed by atoms with Crippen LogP contribution in [-0.4, -0.2) is 61.8 Å². The summed E-state index contributed by atoms with van der Waals surface area (Å²) in [5.74, 6) is 2.28. The van der Waals surface area contributed by atoms with Crippen LogP contribution in [0, 0.1) is 5.41 Å². The van der Waals surface area contributed by atoms with Gasteiger partial charge >= 0.3 is 0 Å².